The van der Waals surface area contributed by atoms with Gasteiger partial charge in [0.1, 0.15) is 5.56 Å². The maximum absolute atomic E-state index is 12.3. The molecule has 0 unspecified atom stereocenters. The molecule has 0 aromatic carbocycles. The molecule has 0 amide bonds. The molecule has 0 aliphatic carbocycles. The van der Waals surface area contributed by atoms with Gasteiger partial charge in [0.05, 0.1) is 37.3 Å². The minimum absolute atomic E-state index is 0.263. The second kappa shape index (κ2) is 8.06. The first-order valence-corrected chi connectivity index (χ1v) is 9.35. The number of aromatic nitrogens is 4. The van der Waals surface area contributed by atoms with Crippen LogP contribution in [0.4, 0.5) is 0 Å². The summed E-state index contributed by atoms with van der Waals surface area (Å²) in [6.45, 7) is 10.7. The number of carbonyl (C=O) groups excluding carboxylic acids is 1. The Morgan fingerprint density at radius 1 is 1.29 bits per heavy atom. The van der Waals surface area contributed by atoms with Crippen LogP contribution < -0.4 is 0 Å². The van der Waals surface area contributed by atoms with Gasteiger partial charge in [-0.15, -0.1) is 0 Å². The van der Waals surface area contributed by atoms with Crippen molar-refractivity contribution >= 4 is 17.0 Å². The van der Waals surface area contributed by atoms with E-state index in [-0.39, 0.29) is 18.2 Å². The van der Waals surface area contributed by atoms with E-state index in [1.54, 1.807) is 24.0 Å². The van der Waals surface area contributed by atoms with E-state index < -0.39 is 0 Å². The lowest BCUT2D eigenvalue weighted by atomic mass is 10.1. The van der Waals surface area contributed by atoms with Crippen molar-refractivity contribution in [2.45, 2.75) is 53.4 Å². The van der Waals surface area contributed by atoms with Gasteiger partial charge in [-0.1, -0.05) is 0 Å². The number of pyridine rings is 2. The molecule has 0 aliphatic heterocycles. The lowest BCUT2D eigenvalue weighted by Crippen LogP contribution is -2.21. The highest BCUT2D eigenvalue weighted by Gasteiger charge is 2.22. The third-order valence-corrected chi connectivity index (χ3v) is 4.29. The first-order chi connectivity index (χ1) is 13.3. The number of nitrogens with zero attached hydrogens (tertiary/aromatic N) is 4. The Bertz CT molecular complexity index is 989. The van der Waals surface area contributed by atoms with Crippen molar-refractivity contribution in [3.05, 3.63) is 53.1 Å². The normalized spacial score (nSPS) is 11.8. The van der Waals surface area contributed by atoms with Crippen molar-refractivity contribution in [3.63, 3.8) is 0 Å². The average molecular weight is 382 g/mol. The molecule has 28 heavy (non-hydrogen) atoms. The fourth-order valence-electron chi connectivity index (χ4n) is 2.82. The standard InChI is InChI=1S/C21H26N4O3/c1-6-27-20(26)17-11-23-25(18(17)13-28-21(3,4)5)12-16-10-15-8-7-9-22-19(15)24-14(16)2/h7-11H,6,12-13H2,1-5H3. The SMILES string of the molecule is CCOC(=O)c1cnn(Cc2cc3cccnc3nc2C)c1COC(C)(C)C. The molecule has 0 aliphatic rings. The van der Waals surface area contributed by atoms with Crippen molar-refractivity contribution in [1.29, 1.82) is 0 Å². The molecule has 0 radical (unpaired) electrons. The molecule has 7 nitrogen and oxygen atoms in total. The molecule has 0 atom stereocenters. The van der Waals surface area contributed by atoms with E-state index in [2.05, 4.69) is 21.1 Å². The summed E-state index contributed by atoms with van der Waals surface area (Å²) in [6.07, 6.45) is 3.28. The first kappa shape index (κ1) is 19.9. The second-order valence-electron chi connectivity index (χ2n) is 7.57. The Labute approximate surface area is 164 Å². The molecule has 7 heteroatoms. The van der Waals surface area contributed by atoms with E-state index in [1.807, 2.05) is 39.8 Å². The van der Waals surface area contributed by atoms with Crippen molar-refractivity contribution in [2.24, 2.45) is 0 Å². The number of hydrogen-bond acceptors (Lipinski definition) is 6. The maximum atomic E-state index is 12.3. The largest absolute Gasteiger partial charge is 0.462 e. The third-order valence-electron chi connectivity index (χ3n) is 4.29. The van der Waals surface area contributed by atoms with Gasteiger partial charge in [0.15, 0.2) is 5.65 Å². The summed E-state index contributed by atoms with van der Waals surface area (Å²) >= 11 is 0. The number of fused-ring (bicyclic) bond motifs is 1. The van der Waals surface area contributed by atoms with Gasteiger partial charge in [-0.3, -0.25) is 4.68 Å². The highest BCUT2D eigenvalue weighted by Crippen LogP contribution is 2.20. The number of aryl methyl sites for hydroxylation is 1. The molecule has 3 aromatic heterocycles. The zero-order chi connectivity index (χ0) is 20.3. The third kappa shape index (κ3) is 4.54. The molecule has 0 spiro atoms. The average Bonchev–Trinajstić information content (AvgIpc) is 3.03. The predicted octanol–water partition coefficient (Wildman–Crippen LogP) is 3.67. The van der Waals surface area contributed by atoms with Crippen LogP contribution >= 0.6 is 0 Å². The number of hydrogen-bond donors (Lipinski definition) is 0. The second-order valence-corrected chi connectivity index (χ2v) is 7.57. The van der Waals surface area contributed by atoms with Crippen molar-refractivity contribution < 1.29 is 14.3 Å². The summed E-state index contributed by atoms with van der Waals surface area (Å²) < 4.78 is 12.9. The lowest BCUT2D eigenvalue weighted by molar-refractivity contribution is -0.0185. The van der Waals surface area contributed by atoms with Crippen LogP contribution in [0, 0.1) is 6.92 Å². The summed E-state index contributed by atoms with van der Waals surface area (Å²) in [6, 6.07) is 5.93. The van der Waals surface area contributed by atoms with Crippen LogP contribution in [0.5, 0.6) is 0 Å². The van der Waals surface area contributed by atoms with Gasteiger partial charge in [-0.05, 0) is 58.4 Å². The quantitative estimate of drug-likeness (QED) is 0.605. The number of ether oxygens (including phenoxy) is 2. The molecule has 3 aromatic rings. The maximum Gasteiger partial charge on any atom is 0.341 e. The monoisotopic (exact) mass is 382 g/mol. The topological polar surface area (TPSA) is 79.1 Å². The van der Waals surface area contributed by atoms with E-state index in [9.17, 15) is 4.79 Å². The molecule has 0 N–H and O–H groups in total. The molecule has 3 heterocycles. The molecule has 148 valence electrons. The first-order valence-electron chi connectivity index (χ1n) is 9.35. The summed E-state index contributed by atoms with van der Waals surface area (Å²) in [7, 11) is 0. The summed E-state index contributed by atoms with van der Waals surface area (Å²) in [5.74, 6) is -0.390. The van der Waals surface area contributed by atoms with Gasteiger partial charge in [0.25, 0.3) is 0 Å². The zero-order valence-electron chi connectivity index (χ0n) is 17.0. The number of esters is 1. The van der Waals surface area contributed by atoms with E-state index >= 15 is 0 Å². The Kier molecular flexibility index (Phi) is 5.74. The van der Waals surface area contributed by atoms with E-state index in [0.29, 0.717) is 30.1 Å². The molecule has 3 rings (SSSR count). The highest BCUT2D eigenvalue weighted by atomic mass is 16.5. The van der Waals surface area contributed by atoms with Gasteiger partial charge in [-0.2, -0.15) is 5.10 Å². The summed E-state index contributed by atoms with van der Waals surface area (Å²) in [5, 5.41) is 5.40. The molecule has 0 fully saturated rings. The fraction of sp³-hybridized carbons (Fsp3) is 0.429. The summed E-state index contributed by atoms with van der Waals surface area (Å²) in [4.78, 5) is 21.2. The molecule has 0 saturated heterocycles. The Morgan fingerprint density at radius 2 is 2.07 bits per heavy atom. The van der Waals surface area contributed by atoms with Crippen LogP contribution in [0.25, 0.3) is 11.0 Å². The minimum Gasteiger partial charge on any atom is -0.462 e. The van der Waals surface area contributed by atoms with Gasteiger partial charge in [0.2, 0.25) is 0 Å². The van der Waals surface area contributed by atoms with Crippen LogP contribution in [0.1, 0.15) is 55.0 Å². The smallest absolute Gasteiger partial charge is 0.341 e. The van der Waals surface area contributed by atoms with E-state index in [0.717, 1.165) is 16.6 Å². The van der Waals surface area contributed by atoms with Crippen LogP contribution in [-0.4, -0.2) is 37.9 Å². The predicted molar refractivity (Wildman–Crippen MR) is 106 cm³/mol. The molecular weight excluding hydrogens is 356 g/mol. The van der Waals surface area contributed by atoms with E-state index in [4.69, 9.17) is 9.47 Å². The zero-order valence-corrected chi connectivity index (χ0v) is 17.0. The Morgan fingerprint density at radius 3 is 2.79 bits per heavy atom. The van der Waals surface area contributed by atoms with Gasteiger partial charge >= 0.3 is 5.97 Å². The molecule has 0 saturated carbocycles. The highest BCUT2D eigenvalue weighted by molar-refractivity contribution is 5.90. The fourth-order valence-corrected chi connectivity index (χ4v) is 2.82. The molecule has 0 bridgehead atoms. The van der Waals surface area contributed by atoms with Crippen molar-refractivity contribution in [1.82, 2.24) is 19.7 Å². The van der Waals surface area contributed by atoms with Crippen molar-refractivity contribution in [2.75, 3.05) is 6.61 Å². The van der Waals surface area contributed by atoms with Crippen LogP contribution in [0.3, 0.4) is 0 Å². The van der Waals surface area contributed by atoms with Gasteiger partial charge in [0, 0.05) is 17.3 Å². The Balaban J connectivity index is 1.96. The van der Waals surface area contributed by atoms with Gasteiger partial charge < -0.3 is 9.47 Å². The lowest BCUT2D eigenvalue weighted by Gasteiger charge is -2.20. The Hall–Kier alpha value is -2.80. The summed E-state index contributed by atoms with van der Waals surface area (Å²) in [5.41, 5.74) is 3.39. The molecular formula is C21H26N4O3. The number of carbonyl (C=O) groups is 1. The van der Waals surface area contributed by atoms with Crippen LogP contribution in [-0.2, 0) is 22.6 Å². The van der Waals surface area contributed by atoms with Crippen molar-refractivity contribution in [3.8, 4) is 0 Å². The minimum atomic E-state index is -0.390. The van der Waals surface area contributed by atoms with Crippen LogP contribution in [0.2, 0.25) is 0 Å². The van der Waals surface area contributed by atoms with Crippen LogP contribution in [0.15, 0.2) is 30.6 Å². The van der Waals surface area contributed by atoms with Gasteiger partial charge in [-0.25, -0.2) is 14.8 Å². The number of rotatable bonds is 6. The van der Waals surface area contributed by atoms with E-state index in [1.165, 1.54) is 0 Å².